The standard InChI is InChI=1S/C22H30N6O2/c1-27(2)11-5-9-23-17-7-8-18(24-10-6-12-28(3)4)20-19(17)21(29)15-13-25-26-14-16(15)22(20)30/h7-8,13-14,25-26H,5-6,9-12H2,1-4H3. The van der Waals surface area contributed by atoms with Gasteiger partial charge in [-0.2, -0.15) is 0 Å². The van der Waals surface area contributed by atoms with Crippen LogP contribution in [-0.2, 0) is 0 Å². The van der Waals surface area contributed by atoms with Crippen LogP contribution in [0.25, 0.3) is 21.5 Å². The van der Waals surface area contributed by atoms with Crippen molar-refractivity contribution in [1.29, 1.82) is 0 Å². The molecule has 0 aliphatic heterocycles. The maximum absolute atomic E-state index is 13.3. The van der Waals surface area contributed by atoms with Crippen LogP contribution in [0.1, 0.15) is 12.8 Å². The number of H-pyrrole nitrogens is 2. The van der Waals surface area contributed by atoms with Crippen molar-refractivity contribution in [3.63, 3.8) is 0 Å². The summed E-state index contributed by atoms with van der Waals surface area (Å²) >= 11 is 0. The Kier molecular flexibility index (Phi) is 7.12. The molecule has 0 aliphatic rings. The van der Waals surface area contributed by atoms with Gasteiger partial charge in [-0.3, -0.25) is 19.6 Å². The highest BCUT2D eigenvalue weighted by Crippen LogP contribution is 2.06. The topological polar surface area (TPSA) is 96.9 Å². The maximum atomic E-state index is 13.3. The lowest BCUT2D eigenvalue weighted by atomic mass is 10.0. The van der Waals surface area contributed by atoms with Crippen molar-refractivity contribution in [3.05, 3.63) is 55.7 Å². The van der Waals surface area contributed by atoms with Gasteiger partial charge < -0.3 is 20.0 Å². The number of nitrogens with zero attached hydrogens (tertiary/aromatic N) is 4. The molecule has 1 heterocycles. The molecule has 3 rings (SSSR count). The number of nitrogens with one attached hydrogen (secondary N) is 2. The van der Waals surface area contributed by atoms with Crippen LogP contribution < -0.4 is 21.6 Å². The number of rotatable bonds is 8. The van der Waals surface area contributed by atoms with E-state index in [1.165, 1.54) is 12.4 Å². The summed E-state index contributed by atoms with van der Waals surface area (Å²) in [7, 11) is 8.06. The molecule has 0 aliphatic carbocycles. The Morgan fingerprint density at radius 2 is 1.13 bits per heavy atom. The van der Waals surface area contributed by atoms with Gasteiger partial charge in [-0.15, -0.1) is 0 Å². The Balaban J connectivity index is 2.21. The van der Waals surface area contributed by atoms with E-state index in [0.29, 0.717) is 45.3 Å². The lowest BCUT2D eigenvalue weighted by molar-refractivity contribution is 0.402. The van der Waals surface area contributed by atoms with Crippen molar-refractivity contribution in [2.45, 2.75) is 12.8 Å². The average Bonchev–Trinajstić information content (AvgIpc) is 2.72. The molecular formula is C22H30N6O2. The summed E-state index contributed by atoms with van der Waals surface area (Å²) in [6.07, 6.45) is 4.82. The highest BCUT2D eigenvalue weighted by Gasteiger charge is 2.14. The van der Waals surface area contributed by atoms with Crippen LogP contribution in [0, 0.1) is 0 Å². The highest BCUT2D eigenvalue weighted by molar-refractivity contribution is 5.96. The van der Waals surface area contributed by atoms with Gasteiger partial charge >= 0.3 is 0 Å². The summed E-state index contributed by atoms with van der Waals surface area (Å²) in [5.74, 6) is 0. The Morgan fingerprint density at radius 3 is 1.50 bits per heavy atom. The minimum Gasteiger partial charge on any atom is -0.309 e. The second-order valence-corrected chi connectivity index (χ2v) is 7.99. The number of aromatic nitrogens is 2. The SMILES string of the molecule is CN(C)CCCN=c1ccc(=NCCCN(C)C)c2c(=O)c3c[nH][nH]cc3c(=O)c12. The van der Waals surface area contributed by atoms with Gasteiger partial charge in [0.2, 0.25) is 0 Å². The smallest absolute Gasteiger partial charge is 0.198 e. The maximum Gasteiger partial charge on any atom is 0.198 e. The van der Waals surface area contributed by atoms with Crippen LogP contribution in [0.15, 0.2) is 44.1 Å². The fourth-order valence-corrected chi connectivity index (χ4v) is 3.51. The van der Waals surface area contributed by atoms with Gasteiger partial charge in [-0.05, 0) is 66.3 Å². The zero-order valence-electron chi connectivity index (χ0n) is 18.2. The third-order valence-corrected chi connectivity index (χ3v) is 5.00. The number of hydrogen-bond acceptors (Lipinski definition) is 6. The predicted octanol–water partition coefficient (Wildman–Crippen LogP) is 0.512. The molecule has 0 saturated carbocycles. The first kappa shape index (κ1) is 21.9. The predicted molar refractivity (Wildman–Crippen MR) is 121 cm³/mol. The molecule has 0 amide bonds. The van der Waals surface area contributed by atoms with E-state index >= 15 is 0 Å². The quantitative estimate of drug-likeness (QED) is 0.418. The molecule has 0 fully saturated rings. The second-order valence-electron chi connectivity index (χ2n) is 7.99. The Hall–Kier alpha value is -2.84. The van der Waals surface area contributed by atoms with Crippen LogP contribution >= 0.6 is 0 Å². The van der Waals surface area contributed by atoms with Crippen LogP contribution in [0.5, 0.6) is 0 Å². The highest BCUT2D eigenvalue weighted by atomic mass is 16.1. The van der Waals surface area contributed by atoms with Crippen LogP contribution in [0.2, 0.25) is 0 Å². The first-order valence-electron chi connectivity index (χ1n) is 10.2. The van der Waals surface area contributed by atoms with Crippen LogP contribution in [0.3, 0.4) is 0 Å². The van der Waals surface area contributed by atoms with Gasteiger partial charge in [0.25, 0.3) is 0 Å². The molecule has 160 valence electrons. The Labute approximate surface area is 174 Å². The fourth-order valence-electron chi connectivity index (χ4n) is 3.51. The molecule has 2 N–H and O–H groups in total. The van der Waals surface area contributed by atoms with E-state index in [4.69, 9.17) is 0 Å². The number of benzene rings is 2. The van der Waals surface area contributed by atoms with Gasteiger partial charge in [0.1, 0.15) is 0 Å². The summed E-state index contributed by atoms with van der Waals surface area (Å²) in [6, 6.07) is 3.63. The zero-order chi connectivity index (χ0) is 21.7. The van der Waals surface area contributed by atoms with Crippen molar-refractivity contribution < 1.29 is 0 Å². The molecule has 0 spiro atoms. The van der Waals surface area contributed by atoms with Gasteiger partial charge in [0.15, 0.2) is 10.9 Å². The monoisotopic (exact) mass is 410 g/mol. The van der Waals surface area contributed by atoms with E-state index < -0.39 is 0 Å². The first-order chi connectivity index (χ1) is 14.4. The summed E-state index contributed by atoms with van der Waals surface area (Å²) < 4.78 is 0. The molecule has 0 saturated heterocycles. The van der Waals surface area contributed by atoms with E-state index in [2.05, 4.69) is 30.0 Å². The average molecular weight is 411 g/mol. The lowest BCUT2D eigenvalue weighted by Gasteiger charge is -2.07. The van der Waals surface area contributed by atoms with E-state index in [-0.39, 0.29) is 10.9 Å². The molecule has 0 atom stereocenters. The number of aromatic amines is 2. The summed E-state index contributed by atoms with van der Waals surface area (Å²) in [6.45, 7) is 3.00. The van der Waals surface area contributed by atoms with Crippen molar-refractivity contribution in [1.82, 2.24) is 20.0 Å². The molecule has 1 aromatic heterocycles. The minimum atomic E-state index is -0.193. The summed E-state index contributed by atoms with van der Waals surface area (Å²) in [5.41, 5.74) is -0.386. The molecule has 0 unspecified atom stereocenters. The van der Waals surface area contributed by atoms with Gasteiger partial charge in [0, 0.05) is 25.5 Å². The van der Waals surface area contributed by atoms with Crippen molar-refractivity contribution in [2.75, 3.05) is 54.4 Å². The van der Waals surface area contributed by atoms with Gasteiger partial charge in [-0.25, -0.2) is 0 Å². The van der Waals surface area contributed by atoms with Gasteiger partial charge in [-0.1, -0.05) is 0 Å². The number of hydrogen-bond donors (Lipinski definition) is 2. The van der Waals surface area contributed by atoms with E-state index in [9.17, 15) is 9.59 Å². The molecule has 0 radical (unpaired) electrons. The third kappa shape index (κ3) is 4.83. The van der Waals surface area contributed by atoms with E-state index in [1.54, 1.807) is 0 Å². The summed E-state index contributed by atoms with van der Waals surface area (Å²) in [4.78, 5) is 40.0. The van der Waals surface area contributed by atoms with Crippen molar-refractivity contribution in [2.24, 2.45) is 9.98 Å². The van der Waals surface area contributed by atoms with Crippen LogP contribution in [0.4, 0.5) is 0 Å². The minimum absolute atomic E-state index is 0.193. The van der Waals surface area contributed by atoms with E-state index in [0.717, 1.165) is 25.9 Å². The summed E-state index contributed by atoms with van der Waals surface area (Å²) in [5, 5.41) is 8.16. The molecule has 8 nitrogen and oxygen atoms in total. The second kappa shape index (κ2) is 9.77. The Bertz CT molecular complexity index is 1160. The van der Waals surface area contributed by atoms with Gasteiger partial charge in [0.05, 0.1) is 32.3 Å². The molecule has 2 aromatic carbocycles. The normalized spacial score (nSPS) is 13.4. The first-order valence-corrected chi connectivity index (χ1v) is 10.2. The molecule has 0 bridgehead atoms. The fraction of sp³-hybridized carbons (Fsp3) is 0.455. The largest absolute Gasteiger partial charge is 0.309 e. The molecule has 8 heteroatoms. The molecule has 3 aromatic rings. The lowest BCUT2D eigenvalue weighted by Crippen LogP contribution is -2.27. The molecular weight excluding hydrogens is 380 g/mol. The number of fused-ring (bicyclic) bond motifs is 2. The third-order valence-electron chi connectivity index (χ3n) is 5.00. The van der Waals surface area contributed by atoms with Crippen molar-refractivity contribution in [3.8, 4) is 0 Å². The van der Waals surface area contributed by atoms with E-state index in [1.807, 2.05) is 40.3 Å². The molecule has 30 heavy (non-hydrogen) atoms. The zero-order valence-corrected chi connectivity index (χ0v) is 18.2. The Morgan fingerprint density at radius 1 is 0.733 bits per heavy atom. The van der Waals surface area contributed by atoms with Crippen molar-refractivity contribution >= 4 is 21.5 Å². The van der Waals surface area contributed by atoms with Crippen LogP contribution in [-0.4, -0.2) is 74.4 Å².